The molecular weight excluding hydrogens is 454 g/mol. The second-order valence-corrected chi connectivity index (χ2v) is 8.71. The molecule has 7 nitrogen and oxygen atoms in total. The Bertz CT molecular complexity index is 1110. The zero-order valence-electron chi connectivity index (χ0n) is 22.6. The van der Waals surface area contributed by atoms with Crippen LogP contribution < -0.4 is 23.8 Å². The van der Waals surface area contributed by atoms with Gasteiger partial charge in [0.05, 0.1) is 33.6 Å². The van der Waals surface area contributed by atoms with E-state index in [1.807, 2.05) is 24.3 Å². The molecule has 0 unspecified atom stereocenters. The lowest BCUT2D eigenvalue weighted by Gasteiger charge is -2.22. The number of rotatable bonds is 13. The van der Waals surface area contributed by atoms with E-state index in [4.69, 9.17) is 23.9 Å². The zero-order chi connectivity index (χ0) is 26.1. The Kier molecular flexibility index (Phi) is 9.82. The normalized spacial score (nSPS) is 10.9. The standard InChI is InChI=1S/C29H39N3O4/c1-8-32(9-2)29-18-22(21-11-13-23(14-12-21)36-16-10-15-31(3)4)17-25(30-29)24-19-27(34-6)28(35-7)20-26(24)33-5/h11-14,17-20H,8-10,15-16H2,1-7H3. The number of hydrogen-bond acceptors (Lipinski definition) is 7. The van der Waals surface area contributed by atoms with E-state index in [9.17, 15) is 0 Å². The molecule has 0 aliphatic carbocycles. The van der Waals surface area contributed by atoms with Crippen LogP contribution >= 0.6 is 0 Å². The van der Waals surface area contributed by atoms with Gasteiger partial charge < -0.3 is 28.7 Å². The van der Waals surface area contributed by atoms with Gasteiger partial charge in [0.1, 0.15) is 17.3 Å². The van der Waals surface area contributed by atoms with Gasteiger partial charge in [-0.3, -0.25) is 0 Å². The molecule has 36 heavy (non-hydrogen) atoms. The molecule has 2 aromatic carbocycles. The zero-order valence-corrected chi connectivity index (χ0v) is 22.6. The van der Waals surface area contributed by atoms with Crippen molar-refractivity contribution in [2.75, 3.05) is 66.6 Å². The van der Waals surface area contributed by atoms with Crippen molar-refractivity contribution >= 4 is 5.82 Å². The number of nitrogens with zero attached hydrogens (tertiary/aromatic N) is 3. The molecule has 0 aliphatic rings. The number of hydrogen-bond donors (Lipinski definition) is 0. The molecule has 194 valence electrons. The third-order valence-corrected chi connectivity index (χ3v) is 6.09. The Morgan fingerprint density at radius 3 is 1.97 bits per heavy atom. The molecule has 0 amide bonds. The van der Waals surface area contributed by atoms with E-state index in [0.717, 1.165) is 60.0 Å². The lowest BCUT2D eigenvalue weighted by molar-refractivity contribution is 0.281. The average Bonchev–Trinajstić information content (AvgIpc) is 2.91. The molecule has 0 saturated heterocycles. The molecule has 0 bridgehead atoms. The summed E-state index contributed by atoms with van der Waals surface area (Å²) in [7, 11) is 9.04. The maximum absolute atomic E-state index is 5.93. The largest absolute Gasteiger partial charge is 0.496 e. The lowest BCUT2D eigenvalue weighted by Crippen LogP contribution is -2.23. The summed E-state index contributed by atoms with van der Waals surface area (Å²) in [5.74, 6) is 3.69. The molecular formula is C29H39N3O4. The van der Waals surface area contributed by atoms with Crippen LogP contribution in [0.1, 0.15) is 20.3 Å². The van der Waals surface area contributed by atoms with Crippen molar-refractivity contribution in [2.24, 2.45) is 0 Å². The van der Waals surface area contributed by atoms with Gasteiger partial charge in [-0.05, 0) is 75.8 Å². The van der Waals surface area contributed by atoms with E-state index in [-0.39, 0.29) is 0 Å². The Hall–Kier alpha value is -3.45. The predicted molar refractivity (Wildman–Crippen MR) is 147 cm³/mol. The van der Waals surface area contributed by atoms with Crippen LogP contribution in [0.2, 0.25) is 0 Å². The number of benzene rings is 2. The maximum Gasteiger partial charge on any atom is 0.164 e. The van der Waals surface area contributed by atoms with Crippen LogP contribution in [0.15, 0.2) is 48.5 Å². The second kappa shape index (κ2) is 13.0. The van der Waals surface area contributed by atoms with Gasteiger partial charge in [0.25, 0.3) is 0 Å². The highest BCUT2D eigenvalue weighted by Crippen LogP contribution is 2.41. The quantitative estimate of drug-likeness (QED) is 0.287. The van der Waals surface area contributed by atoms with Crippen LogP contribution in [0.25, 0.3) is 22.4 Å². The maximum atomic E-state index is 5.93. The minimum Gasteiger partial charge on any atom is -0.496 e. The van der Waals surface area contributed by atoms with Crippen LogP contribution in [-0.4, -0.2) is 71.5 Å². The Balaban J connectivity index is 2.02. The van der Waals surface area contributed by atoms with Gasteiger partial charge in [-0.2, -0.15) is 0 Å². The van der Waals surface area contributed by atoms with Crippen molar-refractivity contribution < 1.29 is 18.9 Å². The van der Waals surface area contributed by atoms with Gasteiger partial charge in [0, 0.05) is 31.3 Å². The highest BCUT2D eigenvalue weighted by molar-refractivity contribution is 5.78. The summed E-state index contributed by atoms with van der Waals surface area (Å²) in [6.07, 6.45) is 0.989. The van der Waals surface area contributed by atoms with Gasteiger partial charge in [-0.1, -0.05) is 12.1 Å². The first kappa shape index (κ1) is 27.1. The monoisotopic (exact) mass is 493 g/mol. The van der Waals surface area contributed by atoms with Crippen LogP contribution in [0, 0.1) is 0 Å². The van der Waals surface area contributed by atoms with Crippen molar-refractivity contribution in [2.45, 2.75) is 20.3 Å². The SMILES string of the molecule is CCN(CC)c1cc(-c2ccc(OCCCN(C)C)cc2)cc(-c2cc(OC)c(OC)cc2OC)n1. The third-order valence-electron chi connectivity index (χ3n) is 6.09. The molecule has 3 aromatic rings. The molecule has 0 N–H and O–H groups in total. The number of aromatic nitrogens is 1. The fraction of sp³-hybridized carbons (Fsp3) is 0.414. The fourth-order valence-corrected chi connectivity index (χ4v) is 4.07. The first-order chi connectivity index (χ1) is 17.4. The topological polar surface area (TPSA) is 56.3 Å². The number of methoxy groups -OCH3 is 3. The highest BCUT2D eigenvalue weighted by atomic mass is 16.5. The van der Waals surface area contributed by atoms with Gasteiger partial charge >= 0.3 is 0 Å². The molecule has 7 heteroatoms. The minimum absolute atomic E-state index is 0.611. The smallest absolute Gasteiger partial charge is 0.164 e. The minimum atomic E-state index is 0.611. The predicted octanol–water partition coefficient (Wildman–Crippen LogP) is 5.62. The van der Waals surface area contributed by atoms with E-state index < -0.39 is 0 Å². The molecule has 0 saturated carbocycles. The van der Waals surface area contributed by atoms with Crippen molar-refractivity contribution in [3.8, 4) is 45.4 Å². The van der Waals surface area contributed by atoms with Crippen molar-refractivity contribution in [1.82, 2.24) is 9.88 Å². The summed E-state index contributed by atoms with van der Waals surface area (Å²) < 4.78 is 22.7. The van der Waals surface area contributed by atoms with E-state index in [1.165, 1.54) is 0 Å². The summed E-state index contributed by atoms with van der Waals surface area (Å²) in [4.78, 5) is 9.41. The van der Waals surface area contributed by atoms with E-state index in [0.29, 0.717) is 23.9 Å². The highest BCUT2D eigenvalue weighted by Gasteiger charge is 2.17. The third kappa shape index (κ3) is 6.61. The molecule has 3 rings (SSSR count). The summed E-state index contributed by atoms with van der Waals surface area (Å²) >= 11 is 0. The first-order valence-electron chi connectivity index (χ1n) is 12.4. The van der Waals surface area contributed by atoms with Gasteiger partial charge in [-0.15, -0.1) is 0 Å². The van der Waals surface area contributed by atoms with Gasteiger partial charge in [-0.25, -0.2) is 4.98 Å². The molecule has 0 radical (unpaired) electrons. The lowest BCUT2D eigenvalue weighted by atomic mass is 10.0. The fourth-order valence-electron chi connectivity index (χ4n) is 4.07. The van der Waals surface area contributed by atoms with Crippen LogP contribution in [-0.2, 0) is 0 Å². The molecule has 1 aromatic heterocycles. The molecule has 0 atom stereocenters. The van der Waals surface area contributed by atoms with E-state index >= 15 is 0 Å². The number of pyridine rings is 1. The molecule has 0 fully saturated rings. The summed E-state index contributed by atoms with van der Waals surface area (Å²) in [5, 5.41) is 0. The molecule has 1 heterocycles. The average molecular weight is 494 g/mol. The van der Waals surface area contributed by atoms with Crippen LogP contribution in [0.4, 0.5) is 5.82 Å². The van der Waals surface area contributed by atoms with Gasteiger partial charge in [0.15, 0.2) is 11.5 Å². The summed E-state index contributed by atoms with van der Waals surface area (Å²) in [6, 6.07) is 16.2. The van der Waals surface area contributed by atoms with Crippen LogP contribution in [0.3, 0.4) is 0 Å². The summed E-state index contributed by atoms with van der Waals surface area (Å²) in [6.45, 7) is 7.69. The van der Waals surface area contributed by atoms with Crippen molar-refractivity contribution in [3.63, 3.8) is 0 Å². The Morgan fingerprint density at radius 1 is 0.750 bits per heavy atom. The molecule has 0 aliphatic heterocycles. The van der Waals surface area contributed by atoms with E-state index in [1.54, 1.807) is 21.3 Å². The van der Waals surface area contributed by atoms with Crippen molar-refractivity contribution in [1.29, 1.82) is 0 Å². The second-order valence-electron chi connectivity index (χ2n) is 8.71. The van der Waals surface area contributed by atoms with Crippen molar-refractivity contribution in [3.05, 3.63) is 48.5 Å². The molecule has 0 spiro atoms. The number of anilines is 1. The van der Waals surface area contributed by atoms with Gasteiger partial charge in [0.2, 0.25) is 0 Å². The Morgan fingerprint density at radius 2 is 1.39 bits per heavy atom. The van der Waals surface area contributed by atoms with E-state index in [2.05, 4.69) is 62.0 Å². The van der Waals surface area contributed by atoms with Crippen LogP contribution in [0.5, 0.6) is 23.0 Å². The summed E-state index contributed by atoms with van der Waals surface area (Å²) in [5.41, 5.74) is 3.80. The Labute approximate surface area is 215 Å². The first-order valence-corrected chi connectivity index (χ1v) is 12.4. The number of ether oxygens (including phenoxy) is 4.